The van der Waals surface area contributed by atoms with E-state index in [2.05, 4.69) is 54.1 Å². The molecule has 0 unspecified atom stereocenters. The van der Waals surface area contributed by atoms with Crippen molar-refractivity contribution in [3.8, 4) is 0 Å². The number of carbonyl (C=O) groups is 1. The van der Waals surface area contributed by atoms with Crippen molar-refractivity contribution in [2.45, 2.75) is 46.8 Å². The highest BCUT2D eigenvalue weighted by atomic mass is 16.5. The Hall–Kier alpha value is -2.59. The molecule has 28 heavy (non-hydrogen) atoms. The lowest BCUT2D eigenvalue weighted by atomic mass is 10.1. The van der Waals surface area contributed by atoms with Crippen LogP contribution in [-0.4, -0.2) is 29.7 Å². The minimum atomic E-state index is -0.0284. The number of ether oxygens (including phenoxy) is 1. The van der Waals surface area contributed by atoms with Crippen molar-refractivity contribution in [1.82, 2.24) is 9.88 Å². The predicted octanol–water partition coefficient (Wildman–Crippen LogP) is 4.85. The van der Waals surface area contributed by atoms with Gasteiger partial charge in [-0.2, -0.15) is 0 Å². The third-order valence-corrected chi connectivity index (χ3v) is 5.14. The molecule has 0 atom stereocenters. The average Bonchev–Trinajstić information content (AvgIpc) is 2.92. The lowest BCUT2D eigenvalue weighted by Crippen LogP contribution is -2.25. The number of aryl methyl sites for hydroxylation is 1. The maximum Gasteiger partial charge on any atom is 0.251 e. The fourth-order valence-electron chi connectivity index (χ4n) is 3.46. The second-order valence-electron chi connectivity index (χ2n) is 7.54. The van der Waals surface area contributed by atoms with E-state index < -0.39 is 0 Å². The molecule has 1 N–H and O–H groups in total. The summed E-state index contributed by atoms with van der Waals surface area (Å²) in [5, 5.41) is 4.14. The van der Waals surface area contributed by atoms with Crippen LogP contribution < -0.4 is 5.32 Å². The Balaban J connectivity index is 1.75. The average molecular weight is 379 g/mol. The maximum atomic E-state index is 12.5. The van der Waals surface area contributed by atoms with Crippen LogP contribution in [0.15, 0.2) is 48.5 Å². The summed E-state index contributed by atoms with van der Waals surface area (Å²) in [6, 6.07) is 16.5. The number of nitrogens with one attached hydrogen (secondary N) is 1. The van der Waals surface area contributed by atoms with Crippen LogP contribution in [0.4, 0.5) is 0 Å². The predicted molar refractivity (Wildman–Crippen MR) is 115 cm³/mol. The molecule has 3 aromatic rings. The van der Waals surface area contributed by atoms with E-state index in [1.54, 1.807) is 0 Å². The van der Waals surface area contributed by atoms with Gasteiger partial charge in [0.05, 0.1) is 6.10 Å². The first kappa shape index (κ1) is 20.2. The van der Waals surface area contributed by atoms with Gasteiger partial charge in [0.1, 0.15) is 0 Å². The van der Waals surface area contributed by atoms with Gasteiger partial charge >= 0.3 is 0 Å². The summed E-state index contributed by atoms with van der Waals surface area (Å²) < 4.78 is 7.84. The zero-order valence-corrected chi connectivity index (χ0v) is 17.3. The third-order valence-electron chi connectivity index (χ3n) is 5.14. The van der Waals surface area contributed by atoms with Gasteiger partial charge < -0.3 is 14.6 Å². The van der Waals surface area contributed by atoms with Crippen LogP contribution in [0.2, 0.25) is 0 Å². The van der Waals surface area contributed by atoms with E-state index in [9.17, 15) is 4.79 Å². The monoisotopic (exact) mass is 378 g/mol. The topological polar surface area (TPSA) is 43.3 Å². The van der Waals surface area contributed by atoms with Gasteiger partial charge in [0.25, 0.3) is 5.91 Å². The molecule has 1 aromatic heterocycles. The second kappa shape index (κ2) is 9.07. The highest BCUT2D eigenvalue weighted by Crippen LogP contribution is 2.27. The highest BCUT2D eigenvalue weighted by Gasteiger charge is 2.14. The van der Waals surface area contributed by atoms with Crippen LogP contribution in [0.5, 0.6) is 0 Å². The van der Waals surface area contributed by atoms with Crippen LogP contribution in [0.1, 0.15) is 47.4 Å². The number of benzene rings is 2. The Kier molecular flexibility index (Phi) is 6.53. The molecule has 0 aliphatic rings. The van der Waals surface area contributed by atoms with E-state index in [0.717, 1.165) is 18.4 Å². The second-order valence-corrected chi connectivity index (χ2v) is 7.54. The van der Waals surface area contributed by atoms with Crippen molar-refractivity contribution in [2.75, 3.05) is 13.2 Å². The maximum absolute atomic E-state index is 12.5. The zero-order chi connectivity index (χ0) is 20.1. The molecule has 2 aromatic carbocycles. The molecule has 0 saturated carbocycles. The molecule has 0 radical (unpaired) electrons. The summed E-state index contributed by atoms with van der Waals surface area (Å²) in [4.78, 5) is 12.5. The minimum absolute atomic E-state index is 0.0284. The van der Waals surface area contributed by atoms with Gasteiger partial charge in [-0.25, -0.2) is 0 Å². The number of nitrogens with zero attached hydrogens (tertiary/aromatic N) is 1. The van der Waals surface area contributed by atoms with E-state index in [0.29, 0.717) is 18.7 Å². The normalized spacial score (nSPS) is 11.3. The van der Waals surface area contributed by atoms with Gasteiger partial charge in [-0.05, 0) is 63.4 Å². The Bertz CT molecular complexity index is 942. The van der Waals surface area contributed by atoms with Crippen LogP contribution >= 0.6 is 0 Å². The lowest BCUT2D eigenvalue weighted by molar-refractivity contribution is 0.0757. The zero-order valence-electron chi connectivity index (χ0n) is 17.3. The van der Waals surface area contributed by atoms with Gasteiger partial charge in [-0.15, -0.1) is 0 Å². The molecule has 4 nitrogen and oxygen atoms in total. The molecule has 0 spiro atoms. The van der Waals surface area contributed by atoms with E-state index in [4.69, 9.17) is 4.74 Å². The number of hydrogen-bond acceptors (Lipinski definition) is 2. The molecule has 148 valence electrons. The van der Waals surface area contributed by atoms with Gasteiger partial charge in [0, 0.05) is 41.9 Å². The van der Waals surface area contributed by atoms with Crippen molar-refractivity contribution in [1.29, 1.82) is 0 Å². The first-order chi connectivity index (χ1) is 13.5. The molecular weight excluding hydrogens is 348 g/mol. The summed E-state index contributed by atoms with van der Waals surface area (Å²) in [5.41, 5.74) is 5.61. The number of amides is 1. The molecule has 0 fully saturated rings. The van der Waals surface area contributed by atoms with Crippen LogP contribution in [0, 0.1) is 13.8 Å². The molecule has 0 aliphatic carbocycles. The summed E-state index contributed by atoms with van der Waals surface area (Å²) in [7, 11) is 0. The van der Waals surface area contributed by atoms with Crippen molar-refractivity contribution in [2.24, 2.45) is 0 Å². The Morgan fingerprint density at radius 2 is 1.86 bits per heavy atom. The lowest BCUT2D eigenvalue weighted by Gasteiger charge is -2.10. The summed E-state index contributed by atoms with van der Waals surface area (Å²) in [6.07, 6.45) is 1.04. The van der Waals surface area contributed by atoms with E-state index in [-0.39, 0.29) is 12.0 Å². The SMILES string of the molecule is Cc1c(C)n(Cc2ccccc2)c2ccc(C(=O)NCCCOC(C)C)cc12. The molecule has 4 heteroatoms. The molecule has 1 heterocycles. The summed E-state index contributed by atoms with van der Waals surface area (Å²) in [6.45, 7) is 10.4. The van der Waals surface area contributed by atoms with E-state index >= 15 is 0 Å². The van der Waals surface area contributed by atoms with Crippen molar-refractivity contribution in [3.63, 3.8) is 0 Å². The van der Waals surface area contributed by atoms with Crippen molar-refractivity contribution in [3.05, 3.63) is 70.9 Å². The standard InChI is InChI=1S/C24H30N2O2/c1-17(2)28-14-8-13-25-24(27)21-11-12-23-22(15-21)18(3)19(4)26(23)16-20-9-6-5-7-10-20/h5-7,9-12,15,17H,8,13-14,16H2,1-4H3,(H,25,27). The van der Waals surface area contributed by atoms with Crippen molar-refractivity contribution >= 4 is 16.8 Å². The van der Waals surface area contributed by atoms with Gasteiger partial charge in [0.2, 0.25) is 0 Å². The van der Waals surface area contributed by atoms with Crippen LogP contribution in [0.3, 0.4) is 0 Å². The Labute approximate surface area is 167 Å². The number of aromatic nitrogens is 1. The van der Waals surface area contributed by atoms with Gasteiger partial charge in [-0.1, -0.05) is 30.3 Å². The summed E-state index contributed by atoms with van der Waals surface area (Å²) >= 11 is 0. The molecule has 3 rings (SSSR count). The van der Waals surface area contributed by atoms with E-state index in [1.807, 2.05) is 32.0 Å². The molecule has 0 aliphatic heterocycles. The fraction of sp³-hybridized carbons (Fsp3) is 0.375. The van der Waals surface area contributed by atoms with Crippen LogP contribution in [-0.2, 0) is 11.3 Å². The first-order valence-corrected chi connectivity index (χ1v) is 10.0. The fourth-order valence-corrected chi connectivity index (χ4v) is 3.46. The molecule has 0 bridgehead atoms. The number of hydrogen-bond donors (Lipinski definition) is 1. The number of rotatable bonds is 8. The summed E-state index contributed by atoms with van der Waals surface area (Å²) in [5.74, 6) is -0.0284. The first-order valence-electron chi connectivity index (χ1n) is 10.0. The number of carbonyl (C=O) groups excluding carboxylic acids is 1. The minimum Gasteiger partial charge on any atom is -0.379 e. The largest absolute Gasteiger partial charge is 0.379 e. The van der Waals surface area contributed by atoms with Gasteiger partial charge in [-0.3, -0.25) is 4.79 Å². The smallest absolute Gasteiger partial charge is 0.251 e. The molecule has 0 saturated heterocycles. The molecule has 1 amide bonds. The Morgan fingerprint density at radius 1 is 1.11 bits per heavy atom. The van der Waals surface area contributed by atoms with Gasteiger partial charge in [0.15, 0.2) is 0 Å². The molecular formula is C24H30N2O2. The van der Waals surface area contributed by atoms with Crippen LogP contribution in [0.25, 0.3) is 10.9 Å². The number of fused-ring (bicyclic) bond motifs is 1. The van der Waals surface area contributed by atoms with E-state index in [1.165, 1.54) is 22.3 Å². The quantitative estimate of drug-likeness (QED) is 0.569. The highest BCUT2D eigenvalue weighted by molar-refractivity contribution is 5.99. The van der Waals surface area contributed by atoms with Crippen molar-refractivity contribution < 1.29 is 9.53 Å². The third kappa shape index (κ3) is 4.63. The Morgan fingerprint density at radius 3 is 2.57 bits per heavy atom.